The molecule has 0 amide bonds. The zero-order valence-electron chi connectivity index (χ0n) is 12.8. The SMILES string of the molecule is CCCCc1ccc(Oc2cccc(SC)c2CN)cc1. The Morgan fingerprint density at radius 3 is 2.48 bits per heavy atom. The Bertz CT molecular complexity index is 566. The summed E-state index contributed by atoms with van der Waals surface area (Å²) in [7, 11) is 0. The van der Waals surface area contributed by atoms with Crippen molar-refractivity contribution in [2.24, 2.45) is 5.73 Å². The number of ether oxygens (including phenoxy) is 1. The van der Waals surface area contributed by atoms with Crippen molar-refractivity contribution in [2.45, 2.75) is 37.6 Å². The minimum atomic E-state index is 0.487. The van der Waals surface area contributed by atoms with Crippen LogP contribution in [0.25, 0.3) is 0 Å². The third kappa shape index (κ3) is 4.26. The Labute approximate surface area is 131 Å². The van der Waals surface area contributed by atoms with Crippen LogP contribution in [0, 0.1) is 0 Å². The van der Waals surface area contributed by atoms with Crippen molar-refractivity contribution in [1.82, 2.24) is 0 Å². The van der Waals surface area contributed by atoms with Gasteiger partial charge >= 0.3 is 0 Å². The van der Waals surface area contributed by atoms with Gasteiger partial charge in [-0.1, -0.05) is 31.5 Å². The van der Waals surface area contributed by atoms with Gasteiger partial charge in [0.25, 0.3) is 0 Å². The topological polar surface area (TPSA) is 35.2 Å². The molecule has 2 nitrogen and oxygen atoms in total. The Balaban J connectivity index is 2.14. The van der Waals surface area contributed by atoms with Gasteiger partial charge < -0.3 is 10.5 Å². The molecule has 0 radical (unpaired) electrons. The smallest absolute Gasteiger partial charge is 0.133 e. The molecule has 0 fully saturated rings. The molecule has 0 spiro atoms. The number of aryl methyl sites for hydroxylation is 1. The van der Waals surface area contributed by atoms with Gasteiger partial charge in [-0.05, 0) is 48.9 Å². The second-order valence-corrected chi connectivity index (χ2v) is 5.84. The zero-order chi connectivity index (χ0) is 15.1. The first-order valence-corrected chi connectivity index (χ1v) is 8.63. The van der Waals surface area contributed by atoms with E-state index in [1.54, 1.807) is 11.8 Å². The van der Waals surface area contributed by atoms with Crippen LogP contribution in [-0.4, -0.2) is 6.26 Å². The second kappa shape index (κ2) is 8.11. The lowest BCUT2D eigenvalue weighted by Crippen LogP contribution is -2.01. The fourth-order valence-corrected chi connectivity index (χ4v) is 2.91. The van der Waals surface area contributed by atoms with Crippen molar-refractivity contribution in [3.63, 3.8) is 0 Å². The van der Waals surface area contributed by atoms with Crippen molar-refractivity contribution in [2.75, 3.05) is 6.26 Å². The quantitative estimate of drug-likeness (QED) is 0.731. The van der Waals surface area contributed by atoms with Crippen molar-refractivity contribution in [3.8, 4) is 11.5 Å². The van der Waals surface area contributed by atoms with E-state index in [1.165, 1.54) is 23.3 Å². The number of benzene rings is 2. The molecule has 0 bridgehead atoms. The molecule has 2 N–H and O–H groups in total. The Morgan fingerprint density at radius 2 is 1.86 bits per heavy atom. The molecule has 0 aliphatic carbocycles. The average Bonchev–Trinajstić information content (AvgIpc) is 2.54. The molecule has 2 aromatic rings. The molecule has 2 aromatic carbocycles. The molecule has 2 rings (SSSR count). The van der Waals surface area contributed by atoms with Gasteiger partial charge in [-0.25, -0.2) is 0 Å². The zero-order valence-corrected chi connectivity index (χ0v) is 13.6. The second-order valence-electron chi connectivity index (χ2n) is 4.99. The van der Waals surface area contributed by atoms with E-state index in [0.717, 1.165) is 23.5 Å². The Hall–Kier alpha value is -1.45. The third-order valence-corrected chi connectivity index (χ3v) is 4.31. The number of hydrogen-bond donors (Lipinski definition) is 1. The molecule has 3 heteroatoms. The largest absolute Gasteiger partial charge is 0.457 e. The van der Waals surface area contributed by atoms with Crippen LogP contribution in [0.5, 0.6) is 11.5 Å². The highest BCUT2D eigenvalue weighted by Crippen LogP contribution is 2.31. The van der Waals surface area contributed by atoms with Crippen molar-refractivity contribution >= 4 is 11.8 Å². The van der Waals surface area contributed by atoms with Crippen LogP contribution in [0.4, 0.5) is 0 Å². The van der Waals surface area contributed by atoms with Crippen LogP contribution in [-0.2, 0) is 13.0 Å². The van der Waals surface area contributed by atoms with Gasteiger partial charge in [0, 0.05) is 17.0 Å². The van der Waals surface area contributed by atoms with E-state index in [0.29, 0.717) is 6.54 Å². The molecule has 0 heterocycles. The van der Waals surface area contributed by atoms with Gasteiger partial charge in [0.1, 0.15) is 11.5 Å². The van der Waals surface area contributed by atoms with Crippen LogP contribution in [0.2, 0.25) is 0 Å². The molecule has 0 aromatic heterocycles. The van der Waals surface area contributed by atoms with Crippen molar-refractivity contribution < 1.29 is 4.74 Å². The van der Waals surface area contributed by atoms with Crippen LogP contribution < -0.4 is 10.5 Å². The number of thioether (sulfide) groups is 1. The Kier molecular flexibility index (Phi) is 6.15. The summed E-state index contributed by atoms with van der Waals surface area (Å²) in [6.45, 7) is 2.70. The number of nitrogens with two attached hydrogens (primary N) is 1. The first-order chi connectivity index (χ1) is 10.3. The predicted octanol–water partition coefficient (Wildman–Crippen LogP) is 5.00. The lowest BCUT2D eigenvalue weighted by atomic mass is 10.1. The first-order valence-electron chi connectivity index (χ1n) is 7.41. The first kappa shape index (κ1) is 15.9. The van der Waals surface area contributed by atoms with Gasteiger partial charge in [0.2, 0.25) is 0 Å². The van der Waals surface area contributed by atoms with Crippen molar-refractivity contribution in [3.05, 3.63) is 53.6 Å². The van der Waals surface area contributed by atoms with Gasteiger partial charge in [-0.3, -0.25) is 0 Å². The highest BCUT2D eigenvalue weighted by atomic mass is 32.2. The molecule has 0 unspecified atom stereocenters. The number of unbranched alkanes of at least 4 members (excludes halogenated alkanes) is 1. The van der Waals surface area contributed by atoms with Crippen LogP contribution in [0.15, 0.2) is 47.4 Å². The maximum atomic E-state index is 6.01. The molecule has 0 aliphatic heterocycles. The molecular weight excluding hydrogens is 278 g/mol. The summed E-state index contributed by atoms with van der Waals surface area (Å²) >= 11 is 1.70. The summed E-state index contributed by atoms with van der Waals surface area (Å²) < 4.78 is 6.01. The fourth-order valence-electron chi connectivity index (χ4n) is 2.27. The minimum Gasteiger partial charge on any atom is -0.457 e. The predicted molar refractivity (Wildman–Crippen MR) is 91.2 cm³/mol. The normalized spacial score (nSPS) is 10.6. The monoisotopic (exact) mass is 301 g/mol. The summed E-state index contributed by atoms with van der Waals surface area (Å²) in [6.07, 6.45) is 5.64. The summed E-state index contributed by atoms with van der Waals surface area (Å²) in [5, 5.41) is 0. The number of rotatable bonds is 7. The van der Waals surface area contributed by atoms with E-state index in [2.05, 4.69) is 31.4 Å². The van der Waals surface area contributed by atoms with Gasteiger partial charge in [-0.2, -0.15) is 0 Å². The molecular formula is C18H23NOS. The maximum absolute atomic E-state index is 6.01. The highest BCUT2D eigenvalue weighted by Gasteiger charge is 2.08. The lowest BCUT2D eigenvalue weighted by Gasteiger charge is -2.13. The van der Waals surface area contributed by atoms with E-state index in [9.17, 15) is 0 Å². The van der Waals surface area contributed by atoms with E-state index in [4.69, 9.17) is 10.5 Å². The third-order valence-electron chi connectivity index (χ3n) is 3.48. The van der Waals surface area contributed by atoms with Crippen molar-refractivity contribution in [1.29, 1.82) is 0 Å². The molecule has 0 saturated heterocycles. The van der Waals surface area contributed by atoms with Gasteiger partial charge in [-0.15, -0.1) is 11.8 Å². The minimum absolute atomic E-state index is 0.487. The van der Waals surface area contributed by atoms with E-state index >= 15 is 0 Å². The summed E-state index contributed by atoms with van der Waals surface area (Å²) in [5.41, 5.74) is 8.30. The Morgan fingerprint density at radius 1 is 1.10 bits per heavy atom. The van der Waals surface area contributed by atoms with Gasteiger partial charge in [0.05, 0.1) is 0 Å². The average molecular weight is 301 g/mol. The molecule has 0 aliphatic rings. The van der Waals surface area contributed by atoms with Crippen LogP contribution in [0.3, 0.4) is 0 Å². The van der Waals surface area contributed by atoms with E-state index < -0.39 is 0 Å². The standard InChI is InChI=1S/C18H23NOS/c1-3-4-6-14-9-11-15(12-10-14)20-17-7-5-8-18(21-2)16(17)13-19/h5,7-12H,3-4,6,13,19H2,1-2H3. The van der Waals surface area contributed by atoms with Crippen LogP contribution >= 0.6 is 11.8 Å². The molecule has 21 heavy (non-hydrogen) atoms. The summed E-state index contributed by atoms with van der Waals surface area (Å²) in [5.74, 6) is 1.72. The molecule has 0 saturated carbocycles. The van der Waals surface area contributed by atoms with Crippen LogP contribution in [0.1, 0.15) is 30.9 Å². The van der Waals surface area contributed by atoms with E-state index in [1.807, 2.05) is 24.3 Å². The lowest BCUT2D eigenvalue weighted by molar-refractivity contribution is 0.474. The highest BCUT2D eigenvalue weighted by molar-refractivity contribution is 7.98. The van der Waals surface area contributed by atoms with E-state index in [-0.39, 0.29) is 0 Å². The molecule has 112 valence electrons. The summed E-state index contributed by atoms with van der Waals surface area (Å²) in [6, 6.07) is 14.4. The maximum Gasteiger partial charge on any atom is 0.133 e. The summed E-state index contributed by atoms with van der Waals surface area (Å²) in [4.78, 5) is 1.18. The fraction of sp³-hybridized carbons (Fsp3) is 0.333. The van der Waals surface area contributed by atoms with Gasteiger partial charge in [0.15, 0.2) is 0 Å². The molecule has 0 atom stereocenters. The number of hydrogen-bond acceptors (Lipinski definition) is 3.